The van der Waals surface area contributed by atoms with Crippen molar-refractivity contribution in [3.8, 4) is 17.6 Å². The fourth-order valence-electron chi connectivity index (χ4n) is 1.65. The molecule has 0 radical (unpaired) electrons. The molecule has 0 heterocycles. The fourth-order valence-corrected chi connectivity index (χ4v) is 2.13. The van der Waals surface area contributed by atoms with Crippen molar-refractivity contribution in [2.24, 2.45) is 5.73 Å². The number of nitrogens with two attached hydrogens (primary N) is 1. The van der Waals surface area contributed by atoms with Crippen molar-refractivity contribution in [3.05, 3.63) is 57.8 Å². The lowest BCUT2D eigenvalue weighted by Crippen LogP contribution is -2.04. The van der Waals surface area contributed by atoms with Crippen molar-refractivity contribution in [1.29, 1.82) is 5.26 Å². The second-order valence-corrected chi connectivity index (χ2v) is 5.19. The highest BCUT2D eigenvalue weighted by atomic mass is 79.9. The number of hydrogen-bond donors (Lipinski definition) is 1. The van der Waals surface area contributed by atoms with Crippen molar-refractivity contribution in [3.63, 3.8) is 0 Å². The predicted molar refractivity (Wildman–Crippen MR) is 77.9 cm³/mol. The van der Waals surface area contributed by atoms with Crippen molar-refractivity contribution >= 4 is 15.9 Å². The number of nitrogens with zero attached hydrogens (tertiary/aromatic N) is 1. The molecule has 1 atom stereocenters. The third-order valence-corrected chi connectivity index (χ3v) is 3.38. The average molecular weight is 335 g/mol. The Morgan fingerprint density at radius 3 is 2.50 bits per heavy atom. The summed E-state index contributed by atoms with van der Waals surface area (Å²) in [4.78, 5) is 0. The molecule has 102 valence electrons. The number of nitriles is 1. The second-order valence-electron chi connectivity index (χ2n) is 4.34. The van der Waals surface area contributed by atoms with Gasteiger partial charge in [-0.15, -0.1) is 0 Å². The lowest BCUT2D eigenvalue weighted by Gasteiger charge is -2.11. The molecule has 3 nitrogen and oxygen atoms in total. The number of halogens is 2. The van der Waals surface area contributed by atoms with E-state index >= 15 is 0 Å². The first-order chi connectivity index (χ1) is 9.51. The van der Waals surface area contributed by atoms with Crippen LogP contribution in [0, 0.1) is 17.1 Å². The van der Waals surface area contributed by atoms with Crippen LogP contribution < -0.4 is 10.5 Å². The molecule has 0 aliphatic carbocycles. The normalized spacial score (nSPS) is 11.8. The molecular formula is C15H12BrFN2O. The molecule has 0 saturated carbocycles. The molecule has 0 spiro atoms. The molecule has 0 aromatic heterocycles. The van der Waals surface area contributed by atoms with Gasteiger partial charge in [-0.05, 0) is 58.7 Å². The minimum absolute atomic E-state index is 0.0678. The largest absolute Gasteiger partial charge is 0.453 e. The summed E-state index contributed by atoms with van der Waals surface area (Å²) >= 11 is 3.37. The molecule has 0 bridgehead atoms. The van der Waals surface area contributed by atoms with Gasteiger partial charge >= 0.3 is 0 Å². The molecule has 2 rings (SSSR count). The molecule has 0 aliphatic rings. The Morgan fingerprint density at radius 1 is 1.25 bits per heavy atom. The second kappa shape index (κ2) is 6.04. The lowest BCUT2D eigenvalue weighted by molar-refractivity contribution is 0.439. The van der Waals surface area contributed by atoms with Gasteiger partial charge < -0.3 is 10.5 Å². The Labute approximate surface area is 124 Å². The number of rotatable bonds is 3. The lowest BCUT2D eigenvalue weighted by atomic mass is 10.1. The van der Waals surface area contributed by atoms with Gasteiger partial charge in [0.15, 0.2) is 11.6 Å². The van der Waals surface area contributed by atoms with E-state index in [-0.39, 0.29) is 17.4 Å². The van der Waals surface area contributed by atoms with Gasteiger partial charge in [0.25, 0.3) is 0 Å². The number of hydrogen-bond acceptors (Lipinski definition) is 3. The quantitative estimate of drug-likeness (QED) is 0.911. The summed E-state index contributed by atoms with van der Waals surface area (Å²) < 4.78 is 19.9. The van der Waals surface area contributed by atoms with Gasteiger partial charge in [-0.2, -0.15) is 5.26 Å². The van der Waals surface area contributed by atoms with E-state index < -0.39 is 5.82 Å². The minimum Gasteiger partial charge on any atom is -0.453 e. The molecule has 0 unspecified atom stereocenters. The highest BCUT2D eigenvalue weighted by Crippen LogP contribution is 2.33. The van der Waals surface area contributed by atoms with Gasteiger partial charge in [0, 0.05) is 6.04 Å². The highest BCUT2D eigenvalue weighted by Gasteiger charge is 2.10. The first kappa shape index (κ1) is 14.5. The van der Waals surface area contributed by atoms with Crippen LogP contribution in [0.1, 0.15) is 24.1 Å². The van der Waals surface area contributed by atoms with E-state index in [1.165, 1.54) is 12.1 Å². The minimum atomic E-state index is -0.577. The fraction of sp³-hybridized carbons (Fsp3) is 0.133. The van der Waals surface area contributed by atoms with E-state index in [1.807, 2.05) is 25.1 Å². The Bertz CT molecular complexity index is 680. The van der Waals surface area contributed by atoms with Crippen molar-refractivity contribution < 1.29 is 9.13 Å². The van der Waals surface area contributed by atoms with Crippen LogP contribution in [0.15, 0.2) is 40.9 Å². The third kappa shape index (κ3) is 3.16. The molecule has 0 aliphatic heterocycles. The summed E-state index contributed by atoms with van der Waals surface area (Å²) in [7, 11) is 0. The first-order valence-electron chi connectivity index (χ1n) is 5.94. The molecule has 0 fully saturated rings. The summed E-state index contributed by atoms with van der Waals surface area (Å²) in [5.41, 5.74) is 6.99. The molecule has 20 heavy (non-hydrogen) atoms. The Morgan fingerprint density at radius 2 is 1.95 bits per heavy atom. The van der Waals surface area contributed by atoms with E-state index in [2.05, 4.69) is 15.9 Å². The molecule has 0 amide bonds. The SMILES string of the molecule is C[C@H](N)c1ccc(Oc2ccc(C#N)cc2F)c(Br)c1. The van der Waals surface area contributed by atoms with E-state index in [4.69, 9.17) is 15.7 Å². The number of ether oxygens (including phenoxy) is 1. The monoisotopic (exact) mass is 334 g/mol. The predicted octanol–water partition coefficient (Wildman–Crippen LogP) is 4.27. The maximum Gasteiger partial charge on any atom is 0.167 e. The van der Waals surface area contributed by atoms with Gasteiger partial charge in [0.05, 0.1) is 16.1 Å². The number of benzene rings is 2. The maximum absolute atomic E-state index is 13.8. The zero-order chi connectivity index (χ0) is 14.7. The zero-order valence-electron chi connectivity index (χ0n) is 10.7. The van der Waals surface area contributed by atoms with Crippen molar-refractivity contribution in [2.45, 2.75) is 13.0 Å². The van der Waals surface area contributed by atoms with Crippen LogP contribution in [-0.4, -0.2) is 0 Å². The van der Waals surface area contributed by atoms with Gasteiger partial charge in [-0.25, -0.2) is 4.39 Å². The summed E-state index contributed by atoms with van der Waals surface area (Å²) in [6.45, 7) is 1.88. The molecular weight excluding hydrogens is 323 g/mol. The third-order valence-electron chi connectivity index (χ3n) is 2.76. The van der Waals surface area contributed by atoms with Crippen LogP contribution >= 0.6 is 15.9 Å². The first-order valence-corrected chi connectivity index (χ1v) is 6.73. The standard InChI is InChI=1S/C15H12BrFN2O/c1-9(19)11-3-5-14(12(16)7-11)20-15-4-2-10(8-18)6-13(15)17/h2-7,9H,19H2,1H3/t9-/m0/s1. The van der Waals surface area contributed by atoms with E-state index in [0.29, 0.717) is 10.2 Å². The highest BCUT2D eigenvalue weighted by molar-refractivity contribution is 9.10. The molecule has 2 aromatic rings. The average Bonchev–Trinajstić information content (AvgIpc) is 2.42. The van der Waals surface area contributed by atoms with Crippen LogP contribution in [0.2, 0.25) is 0 Å². The Balaban J connectivity index is 2.29. The summed E-state index contributed by atoms with van der Waals surface area (Å²) in [6.07, 6.45) is 0. The smallest absolute Gasteiger partial charge is 0.167 e. The van der Waals surface area contributed by atoms with Crippen LogP contribution in [0.3, 0.4) is 0 Å². The van der Waals surface area contributed by atoms with E-state index in [0.717, 1.165) is 11.6 Å². The van der Waals surface area contributed by atoms with Gasteiger partial charge in [0.2, 0.25) is 0 Å². The summed E-state index contributed by atoms with van der Waals surface area (Å²) in [5.74, 6) is -0.0246. The van der Waals surface area contributed by atoms with E-state index in [1.54, 1.807) is 6.07 Å². The van der Waals surface area contributed by atoms with E-state index in [9.17, 15) is 4.39 Å². The summed E-state index contributed by atoms with van der Waals surface area (Å²) in [6, 6.07) is 11.2. The zero-order valence-corrected chi connectivity index (χ0v) is 12.3. The van der Waals surface area contributed by atoms with Crippen LogP contribution in [0.25, 0.3) is 0 Å². The van der Waals surface area contributed by atoms with Gasteiger partial charge in [-0.1, -0.05) is 6.07 Å². The van der Waals surface area contributed by atoms with Crippen LogP contribution in [-0.2, 0) is 0 Å². The molecule has 2 aromatic carbocycles. The van der Waals surface area contributed by atoms with Crippen LogP contribution in [0.4, 0.5) is 4.39 Å². The molecule has 2 N–H and O–H groups in total. The molecule has 5 heteroatoms. The molecule has 0 saturated heterocycles. The van der Waals surface area contributed by atoms with Crippen LogP contribution in [0.5, 0.6) is 11.5 Å². The summed E-state index contributed by atoms with van der Waals surface area (Å²) in [5, 5.41) is 8.69. The Hall–Kier alpha value is -1.90. The maximum atomic E-state index is 13.8. The van der Waals surface area contributed by atoms with Crippen molar-refractivity contribution in [2.75, 3.05) is 0 Å². The van der Waals surface area contributed by atoms with Crippen molar-refractivity contribution in [1.82, 2.24) is 0 Å². The Kier molecular flexibility index (Phi) is 4.38. The van der Waals surface area contributed by atoms with Gasteiger partial charge in [0.1, 0.15) is 5.75 Å². The topological polar surface area (TPSA) is 59.0 Å². The van der Waals surface area contributed by atoms with Gasteiger partial charge in [-0.3, -0.25) is 0 Å².